The number of methoxy groups -OCH3 is 1. The van der Waals surface area contributed by atoms with Crippen LogP contribution in [0.2, 0.25) is 0 Å². The molecule has 21 heavy (non-hydrogen) atoms. The molecule has 0 aromatic heterocycles. The number of halogens is 1. The number of likely N-dealkylation sites (N-methyl/N-ethyl adjacent to an activating group) is 1. The lowest BCUT2D eigenvalue weighted by atomic mass is 9.90. The lowest BCUT2D eigenvalue weighted by Gasteiger charge is -2.23. The van der Waals surface area contributed by atoms with E-state index in [2.05, 4.69) is 40.4 Å². The van der Waals surface area contributed by atoms with E-state index in [4.69, 9.17) is 4.74 Å². The molecule has 0 aliphatic heterocycles. The fourth-order valence-electron chi connectivity index (χ4n) is 3.48. The number of benzene rings is 1. The molecule has 1 N–H and O–H groups in total. The van der Waals surface area contributed by atoms with Gasteiger partial charge >= 0.3 is 0 Å². The second-order valence-electron chi connectivity index (χ2n) is 6.24. The van der Waals surface area contributed by atoms with Crippen molar-refractivity contribution in [3.05, 3.63) is 28.2 Å². The van der Waals surface area contributed by atoms with Crippen LogP contribution >= 0.6 is 15.9 Å². The van der Waals surface area contributed by atoms with Crippen molar-refractivity contribution in [2.75, 3.05) is 14.2 Å². The maximum Gasteiger partial charge on any atom is 0.122 e. The zero-order chi connectivity index (χ0) is 15.1. The number of hydrogen-bond donors (Lipinski definition) is 1. The molecule has 1 aliphatic carbocycles. The molecular formula is C18H28BrNO. The normalized spacial score (nSPS) is 18.2. The molecule has 1 aliphatic rings. The third-order valence-corrected chi connectivity index (χ3v) is 5.20. The molecule has 2 nitrogen and oxygen atoms in total. The standard InChI is InChI=1S/C18H28BrNO/c1-20-17(11-14-7-5-3-4-6-8-14)13-15-12-16(19)9-10-18(15)21-2/h9-10,12,14,17,20H,3-8,11,13H2,1-2H3. The Morgan fingerprint density at radius 1 is 1.24 bits per heavy atom. The third-order valence-electron chi connectivity index (χ3n) is 4.71. The van der Waals surface area contributed by atoms with E-state index >= 15 is 0 Å². The van der Waals surface area contributed by atoms with Crippen molar-refractivity contribution in [2.24, 2.45) is 5.92 Å². The number of ether oxygens (including phenoxy) is 1. The van der Waals surface area contributed by atoms with Gasteiger partial charge in [0.25, 0.3) is 0 Å². The topological polar surface area (TPSA) is 21.3 Å². The summed E-state index contributed by atoms with van der Waals surface area (Å²) in [7, 11) is 3.85. The molecule has 0 radical (unpaired) electrons. The van der Waals surface area contributed by atoms with Crippen molar-refractivity contribution in [1.29, 1.82) is 0 Å². The van der Waals surface area contributed by atoms with Crippen LogP contribution in [-0.4, -0.2) is 20.2 Å². The highest BCUT2D eigenvalue weighted by Crippen LogP contribution is 2.29. The van der Waals surface area contributed by atoms with Crippen LogP contribution in [0.5, 0.6) is 5.75 Å². The van der Waals surface area contributed by atoms with Gasteiger partial charge in [0.2, 0.25) is 0 Å². The van der Waals surface area contributed by atoms with Gasteiger partial charge in [-0.25, -0.2) is 0 Å². The summed E-state index contributed by atoms with van der Waals surface area (Å²) in [5.41, 5.74) is 1.29. The molecule has 0 bridgehead atoms. The molecule has 118 valence electrons. The summed E-state index contributed by atoms with van der Waals surface area (Å²) in [5, 5.41) is 3.52. The molecule has 0 heterocycles. The second-order valence-corrected chi connectivity index (χ2v) is 7.15. The Hall–Kier alpha value is -0.540. The SMILES string of the molecule is CNC(Cc1cc(Br)ccc1OC)CC1CCCCCC1. The molecule has 1 aromatic carbocycles. The van der Waals surface area contributed by atoms with Crippen molar-refractivity contribution < 1.29 is 4.74 Å². The highest BCUT2D eigenvalue weighted by molar-refractivity contribution is 9.10. The first-order valence-corrected chi connectivity index (χ1v) is 9.02. The van der Waals surface area contributed by atoms with E-state index in [1.165, 1.54) is 50.5 Å². The predicted octanol–water partition coefficient (Wildman–Crippen LogP) is 4.95. The van der Waals surface area contributed by atoms with Crippen LogP contribution in [0.1, 0.15) is 50.5 Å². The highest BCUT2D eigenvalue weighted by atomic mass is 79.9. The average molecular weight is 354 g/mol. The van der Waals surface area contributed by atoms with Crippen LogP contribution in [0.15, 0.2) is 22.7 Å². The zero-order valence-electron chi connectivity index (χ0n) is 13.3. The number of rotatable bonds is 6. The summed E-state index contributed by atoms with van der Waals surface area (Å²) in [5.74, 6) is 1.89. The van der Waals surface area contributed by atoms with Gasteiger partial charge in [-0.3, -0.25) is 0 Å². The summed E-state index contributed by atoms with van der Waals surface area (Å²) >= 11 is 3.57. The van der Waals surface area contributed by atoms with Crippen molar-refractivity contribution in [1.82, 2.24) is 5.32 Å². The van der Waals surface area contributed by atoms with Crippen molar-refractivity contribution in [3.63, 3.8) is 0 Å². The van der Waals surface area contributed by atoms with E-state index in [9.17, 15) is 0 Å². The van der Waals surface area contributed by atoms with Crippen LogP contribution in [0.25, 0.3) is 0 Å². The molecule has 0 spiro atoms. The van der Waals surface area contributed by atoms with Gasteiger partial charge in [0.15, 0.2) is 0 Å². The maximum atomic E-state index is 5.51. The van der Waals surface area contributed by atoms with Gasteiger partial charge in [0.1, 0.15) is 5.75 Å². The largest absolute Gasteiger partial charge is 0.496 e. The minimum absolute atomic E-state index is 0.538. The molecule has 1 unspecified atom stereocenters. The van der Waals surface area contributed by atoms with E-state index in [0.29, 0.717) is 6.04 Å². The van der Waals surface area contributed by atoms with Gasteiger partial charge in [-0.05, 0) is 49.6 Å². The lowest BCUT2D eigenvalue weighted by molar-refractivity contribution is 0.355. The Morgan fingerprint density at radius 3 is 2.57 bits per heavy atom. The minimum Gasteiger partial charge on any atom is -0.496 e. The van der Waals surface area contributed by atoms with Gasteiger partial charge in [-0.1, -0.05) is 54.5 Å². The van der Waals surface area contributed by atoms with Gasteiger partial charge in [0.05, 0.1) is 7.11 Å². The summed E-state index contributed by atoms with van der Waals surface area (Å²) in [6, 6.07) is 6.83. The van der Waals surface area contributed by atoms with Crippen LogP contribution in [0.3, 0.4) is 0 Å². The fourth-order valence-corrected chi connectivity index (χ4v) is 3.89. The van der Waals surface area contributed by atoms with E-state index < -0.39 is 0 Å². The van der Waals surface area contributed by atoms with Crippen LogP contribution in [-0.2, 0) is 6.42 Å². The van der Waals surface area contributed by atoms with Gasteiger partial charge in [-0.2, -0.15) is 0 Å². The van der Waals surface area contributed by atoms with Crippen LogP contribution in [0, 0.1) is 5.92 Å². The molecule has 0 saturated heterocycles. The van der Waals surface area contributed by atoms with Crippen LogP contribution < -0.4 is 10.1 Å². The van der Waals surface area contributed by atoms with Gasteiger partial charge < -0.3 is 10.1 Å². The minimum atomic E-state index is 0.538. The average Bonchev–Trinajstić information content (AvgIpc) is 2.75. The number of hydrogen-bond acceptors (Lipinski definition) is 2. The van der Waals surface area contributed by atoms with Crippen molar-refractivity contribution in [2.45, 2.75) is 57.4 Å². The third kappa shape index (κ3) is 5.30. The Kier molecular flexibility index (Phi) is 7.05. The highest BCUT2D eigenvalue weighted by Gasteiger charge is 2.18. The maximum absolute atomic E-state index is 5.51. The quantitative estimate of drug-likeness (QED) is 0.730. The predicted molar refractivity (Wildman–Crippen MR) is 93.1 cm³/mol. The Morgan fingerprint density at radius 2 is 1.95 bits per heavy atom. The Labute approximate surface area is 137 Å². The van der Waals surface area contributed by atoms with Crippen molar-refractivity contribution >= 4 is 15.9 Å². The lowest BCUT2D eigenvalue weighted by Crippen LogP contribution is -2.30. The van der Waals surface area contributed by atoms with E-state index in [-0.39, 0.29) is 0 Å². The first kappa shape index (κ1) is 16.8. The molecule has 1 fully saturated rings. The summed E-state index contributed by atoms with van der Waals surface area (Å²) < 4.78 is 6.63. The molecule has 2 rings (SSSR count). The van der Waals surface area contributed by atoms with Crippen LogP contribution in [0.4, 0.5) is 0 Å². The van der Waals surface area contributed by atoms with Crippen molar-refractivity contribution in [3.8, 4) is 5.75 Å². The zero-order valence-corrected chi connectivity index (χ0v) is 14.9. The fraction of sp³-hybridized carbons (Fsp3) is 0.667. The first-order chi connectivity index (χ1) is 10.2. The van der Waals surface area contributed by atoms with Gasteiger partial charge in [0, 0.05) is 10.5 Å². The monoisotopic (exact) mass is 353 g/mol. The van der Waals surface area contributed by atoms with E-state index in [1.54, 1.807) is 7.11 Å². The Balaban J connectivity index is 1.99. The molecule has 1 aromatic rings. The van der Waals surface area contributed by atoms with E-state index in [1.807, 2.05) is 6.07 Å². The summed E-state index contributed by atoms with van der Waals surface area (Å²) in [4.78, 5) is 0. The smallest absolute Gasteiger partial charge is 0.122 e. The molecule has 1 saturated carbocycles. The summed E-state index contributed by atoms with van der Waals surface area (Å²) in [6.07, 6.45) is 10.8. The summed E-state index contributed by atoms with van der Waals surface area (Å²) in [6.45, 7) is 0. The molecule has 3 heteroatoms. The van der Waals surface area contributed by atoms with Gasteiger partial charge in [-0.15, -0.1) is 0 Å². The molecule has 1 atom stereocenters. The van der Waals surface area contributed by atoms with E-state index in [0.717, 1.165) is 22.6 Å². The molecular weight excluding hydrogens is 326 g/mol. The first-order valence-electron chi connectivity index (χ1n) is 8.22. The second kappa shape index (κ2) is 8.79. The Bertz CT molecular complexity index is 427. The molecule has 0 amide bonds. The number of nitrogens with one attached hydrogen (secondary N) is 1.